The Labute approximate surface area is 118 Å². The van der Waals surface area contributed by atoms with Gasteiger partial charge in [0.25, 0.3) is 0 Å². The first-order valence-corrected chi connectivity index (χ1v) is 6.46. The van der Waals surface area contributed by atoms with Crippen LogP contribution in [0.2, 0.25) is 0 Å². The summed E-state index contributed by atoms with van der Waals surface area (Å²) >= 11 is 3.38. The van der Waals surface area contributed by atoms with E-state index in [1.165, 1.54) is 0 Å². The molecule has 2 rings (SSSR count). The molecule has 0 atom stereocenters. The summed E-state index contributed by atoms with van der Waals surface area (Å²) in [6.45, 7) is 0. The number of fused-ring (bicyclic) bond motifs is 1. The number of ether oxygens (including phenoxy) is 1. The van der Waals surface area contributed by atoms with Crippen LogP contribution in [0.25, 0.3) is 10.8 Å². The number of aliphatic carboxylic acids is 1. The second kappa shape index (κ2) is 5.84. The molecule has 2 aromatic rings. The molecule has 4 nitrogen and oxygen atoms in total. The van der Waals surface area contributed by atoms with Crippen LogP contribution in [0.4, 0.5) is 0 Å². The molecule has 0 spiro atoms. The first kappa shape index (κ1) is 13.5. The molecule has 19 heavy (non-hydrogen) atoms. The molecule has 98 valence electrons. The largest absolute Gasteiger partial charge is 0.481 e. The second-order valence-corrected chi connectivity index (χ2v) is 4.94. The predicted octanol–water partition coefficient (Wildman–Crippen LogP) is 3.37. The molecule has 0 bridgehead atoms. The summed E-state index contributed by atoms with van der Waals surface area (Å²) in [5, 5.41) is 10.5. The van der Waals surface area contributed by atoms with E-state index in [-0.39, 0.29) is 12.8 Å². The average Bonchev–Trinajstić information content (AvgIpc) is 2.36. The number of carboxylic acids is 1. The third-order valence-electron chi connectivity index (χ3n) is 2.55. The van der Waals surface area contributed by atoms with Crippen molar-refractivity contribution in [1.29, 1.82) is 0 Å². The number of halogens is 1. The summed E-state index contributed by atoms with van der Waals surface area (Å²) in [5.74, 6) is -1.13. The fraction of sp³-hybridized carbons (Fsp3) is 0.143. The molecule has 5 heteroatoms. The van der Waals surface area contributed by atoms with Gasteiger partial charge < -0.3 is 9.84 Å². The quantitative estimate of drug-likeness (QED) is 0.692. The highest BCUT2D eigenvalue weighted by atomic mass is 79.9. The lowest BCUT2D eigenvalue weighted by molar-refractivity contribution is -0.142. The topological polar surface area (TPSA) is 63.6 Å². The fourth-order valence-electron chi connectivity index (χ4n) is 1.65. The van der Waals surface area contributed by atoms with Crippen molar-refractivity contribution in [3.05, 3.63) is 40.9 Å². The van der Waals surface area contributed by atoms with Gasteiger partial charge in [0, 0.05) is 4.47 Å². The molecule has 0 amide bonds. The molecular weight excluding hydrogens is 312 g/mol. The van der Waals surface area contributed by atoms with Crippen molar-refractivity contribution >= 4 is 38.6 Å². The van der Waals surface area contributed by atoms with Crippen LogP contribution in [0.15, 0.2) is 40.9 Å². The Morgan fingerprint density at radius 2 is 1.74 bits per heavy atom. The second-order valence-electron chi connectivity index (χ2n) is 4.02. The zero-order valence-corrected chi connectivity index (χ0v) is 11.5. The number of hydrogen-bond acceptors (Lipinski definition) is 3. The Kier molecular flexibility index (Phi) is 4.16. The first-order chi connectivity index (χ1) is 9.04. The molecule has 0 heterocycles. The number of hydrogen-bond donors (Lipinski definition) is 1. The molecule has 0 radical (unpaired) electrons. The molecule has 0 saturated carbocycles. The molecule has 0 unspecified atom stereocenters. The lowest BCUT2D eigenvalue weighted by Gasteiger charge is -2.05. The van der Waals surface area contributed by atoms with Gasteiger partial charge in [0.1, 0.15) is 5.75 Å². The number of carbonyl (C=O) groups excluding carboxylic acids is 1. The van der Waals surface area contributed by atoms with Gasteiger partial charge in [-0.25, -0.2) is 0 Å². The van der Waals surface area contributed by atoms with E-state index in [1.807, 2.05) is 24.3 Å². The van der Waals surface area contributed by atoms with Crippen LogP contribution in [0.1, 0.15) is 12.8 Å². The van der Waals surface area contributed by atoms with Crippen molar-refractivity contribution < 1.29 is 19.4 Å². The Balaban J connectivity index is 2.11. The highest BCUT2D eigenvalue weighted by Gasteiger charge is 2.08. The monoisotopic (exact) mass is 322 g/mol. The predicted molar refractivity (Wildman–Crippen MR) is 74.2 cm³/mol. The van der Waals surface area contributed by atoms with Crippen LogP contribution in [-0.2, 0) is 9.59 Å². The Morgan fingerprint density at radius 3 is 2.47 bits per heavy atom. The van der Waals surface area contributed by atoms with Gasteiger partial charge in [-0.15, -0.1) is 0 Å². The van der Waals surface area contributed by atoms with E-state index in [2.05, 4.69) is 15.9 Å². The van der Waals surface area contributed by atoms with Crippen LogP contribution < -0.4 is 4.74 Å². The smallest absolute Gasteiger partial charge is 0.311 e. The molecule has 0 aliphatic heterocycles. The van der Waals surface area contributed by atoms with Crippen LogP contribution in [0.3, 0.4) is 0 Å². The van der Waals surface area contributed by atoms with Crippen LogP contribution >= 0.6 is 15.9 Å². The van der Waals surface area contributed by atoms with Gasteiger partial charge in [0.05, 0.1) is 12.8 Å². The van der Waals surface area contributed by atoms with E-state index >= 15 is 0 Å². The zero-order valence-electron chi connectivity index (χ0n) is 9.93. The van der Waals surface area contributed by atoms with Crippen molar-refractivity contribution in [1.82, 2.24) is 0 Å². The van der Waals surface area contributed by atoms with E-state index in [4.69, 9.17) is 9.84 Å². The van der Waals surface area contributed by atoms with Gasteiger partial charge in [-0.2, -0.15) is 0 Å². The Bertz CT molecular complexity index is 636. The van der Waals surface area contributed by atoms with Crippen molar-refractivity contribution in [3.8, 4) is 5.75 Å². The summed E-state index contributed by atoms with van der Waals surface area (Å²) in [7, 11) is 0. The van der Waals surface area contributed by atoms with Gasteiger partial charge in [0.2, 0.25) is 0 Å². The molecule has 0 aliphatic rings. The van der Waals surface area contributed by atoms with Crippen molar-refractivity contribution in [3.63, 3.8) is 0 Å². The maximum Gasteiger partial charge on any atom is 0.311 e. The maximum absolute atomic E-state index is 11.4. The standard InChI is InChI=1S/C14H11BrO4/c15-11-3-1-10-8-12(4-2-9(10)7-11)19-14(18)6-5-13(16)17/h1-4,7-8H,5-6H2,(H,16,17). The normalized spacial score (nSPS) is 10.4. The van der Waals surface area contributed by atoms with Crippen LogP contribution in [0, 0.1) is 0 Å². The van der Waals surface area contributed by atoms with E-state index in [1.54, 1.807) is 12.1 Å². The highest BCUT2D eigenvalue weighted by molar-refractivity contribution is 9.10. The third-order valence-corrected chi connectivity index (χ3v) is 3.04. The lowest BCUT2D eigenvalue weighted by Crippen LogP contribution is -2.10. The van der Waals surface area contributed by atoms with Gasteiger partial charge in [0.15, 0.2) is 0 Å². The lowest BCUT2D eigenvalue weighted by atomic mass is 10.1. The van der Waals surface area contributed by atoms with Crippen LogP contribution in [-0.4, -0.2) is 17.0 Å². The SMILES string of the molecule is O=C(O)CCC(=O)Oc1ccc2cc(Br)ccc2c1. The van der Waals surface area contributed by atoms with Crippen molar-refractivity contribution in [2.75, 3.05) is 0 Å². The number of benzene rings is 2. The summed E-state index contributed by atoms with van der Waals surface area (Å²) in [6.07, 6.45) is -0.354. The average molecular weight is 323 g/mol. The van der Waals surface area contributed by atoms with E-state index in [9.17, 15) is 9.59 Å². The number of carbonyl (C=O) groups is 2. The van der Waals surface area contributed by atoms with E-state index in [0.29, 0.717) is 5.75 Å². The van der Waals surface area contributed by atoms with Gasteiger partial charge in [-0.3, -0.25) is 9.59 Å². The maximum atomic E-state index is 11.4. The molecule has 0 aromatic heterocycles. The third kappa shape index (κ3) is 3.79. The molecule has 0 aliphatic carbocycles. The van der Waals surface area contributed by atoms with E-state index in [0.717, 1.165) is 15.2 Å². The number of rotatable bonds is 4. The molecular formula is C14H11BrO4. The summed E-state index contributed by atoms with van der Waals surface area (Å²) < 4.78 is 6.07. The van der Waals surface area contributed by atoms with Crippen molar-refractivity contribution in [2.24, 2.45) is 0 Å². The minimum Gasteiger partial charge on any atom is -0.481 e. The van der Waals surface area contributed by atoms with Crippen molar-refractivity contribution in [2.45, 2.75) is 12.8 Å². The summed E-state index contributed by atoms with van der Waals surface area (Å²) in [5.41, 5.74) is 0. The molecule has 0 saturated heterocycles. The fourth-order valence-corrected chi connectivity index (χ4v) is 2.03. The first-order valence-electron chi connectivity index (χ1n) is 5.66. The Hall–Kier alpha value is -1.88. The molecule has 1 N–H and O–H groups in total. The molecule has 2 aromatic carbocycles. The number of esters is 1. The van der Waals surface area contributed by atoms with E-state index < -0.39 is 11.9 Å². The van der Waals surface area contributed by atoms with Gasteiger partial charge in [-0.05, 0) is 35.0 Å². The minimum atomic E-state index is -1.01. The zero-order chi connectivity index (χ0) is 13.8. The van der Waals surface area contributed by atoms with Gasteiger partial charge in [-0.1, -0.05) is 28.1 Å². The van der Waals surface area contributed by atoms with Gasteiger partial charge >= 0.3 is 11.9 Å². The van der Waals surface area contributed by atoms with Crippen LogP contribution in [0.5, 0.6) is 5.75 Å². The number of carboxylic acid groups (broad SMARTS) is 1. The summed E-state index contributed by atoms with van der Waals surface area (Å²) in [4.78, 5) is 21.8. The Morgan fingerprint density at radius 1 is 1.05 bits per heavy atom. The summed E-state index contributed by atoms with van der Waals surface area (Å²) in [6, 6.07) is 11.1. The molecule has 0 fully saturated rings. The minimum absolute atomic E-state index is 0.131. The highest BCUT2D eigenvalue weighted by Crippen LogP contribution is 2.24.